The van der Waals surface area contributed by atoms with E-state index in [1.807, 2.05) is 0 Å². The van der Waals surface area contributed by atoms with Crippen LogP contribution in [0.15, 0.2) is 24.3 Å². The van der Waals surface area contributed by atoms with E-state index in [2.05, 4.69) is 18.9 Å². The highest BCUT2D eigenvalue weighted by atomic mass is 32.2. The Morgan fingerprint density at radius 1 is 1.14 bits per heavy atom. The molecule has 0 atom stereocenters. The van der Waals surface area contributed by atoms with E-state index >= 15 is 0 Å². The Morgan fingerprint density at radius 2 is 1.76 bits per heavy atom. The van der Waals surface area contributed by atoms with Gasteiger partial charge in [-0.3, -0.25) is 0 Å². The van der Waals surface area contributed by atoms with Gasteiger partial charge in [0.05, 0.1) is 17.4 Å². The van der Waals surface area contributed by atoms with E-state index in [0.717, 1.165) is 38.1 Å². The fourth-order valence-corrected chi connectivity index (χ4v) is 5.01. The minimum Gasteiger partial charge on any atom is -0.378 e. The zero-order chi connectivity index (χ0) is 21.5. The van der Waals surface area contributed by atoms with Crippen molar-refractivity contribution in [1.29, 1.82) is 0 Å². The molecule has 0 saturated carbocycles. The summed E-state index contributed by atoms with van der Waals surface area (Å²) in [7, 11) is -1.47. The first-order valence-electron chi connectivity index (χ1n) is 10.1. The van der Waals surface area contributed by atoms with Crippen molar-refractivity contribution >= 4 is 10.0 Å². The minimum absolute atomic E-state index is 0.0593. The molecule has 166 valence electrons. The molecule has 1 aliphatic rings. The first kappa shape index (κ1) is 24.1. The maximum absolute atomic E-state index is 12.6. The van der Waals surface area contributed by atoms with Crippen LogP contribution < -0.4 is 0 Å². The van der Waals surface area contributed by atoms with E-state index in [9.17, 15) is 21.6 Å². The number of hydrogen-bond acceptors (Lipinski definition) is 4. The molecule has 29 heavy (non-hydrogen) atoms. The molecule has 2 rings (SSSR count). The lowest BCUT2D eigenvalue weighted by Crippen LogP contribution is -2.41. The summed E-state index contributed by atoms with van der Waals surface area (Å²) in [5, 5.41) is 0. The third kappa shape index (κ3) is 7.88. The van der Waals surface area contributed by atoms with Crippen molar-refractivity contribution in [3.8, 4) is 0 Å². The predicted octanol–water partition coefficient (Wildman–Crippen LogP) is 3.75. The number of ether oxygens (including phenoxy) is 1. The number of hydrogen-bond donors (Lipinski definition) is 0. The van der Waals surface area contributed by atoms with Gasteiger partial charge >= 0.3 is 6.18 Å². The number of halogens is 3. The van der Waals surface area contributed by atoms with E-state index in [4.69, 9.17) is 4.74 Å². The highest BCUT2D eigenvalue weighted by Crippen LogP contribution is 2.29. The second-order valence-corrected chi connectivity index (χ2v) is 9.55. The van der Waals surface area contributed by atoms with Gasteiger partial charge in [0.15, 0.2) is 0 Å². The summed E-state index contributed by atoms with van der Waals surface area (Å²) >= 11 is 0. The van der Waals surface area contributed by atoms with Crippen LogP contribution in [-0.4, -0.2) is 63.6 Å². The number of benzene rings is 1. The Morgan fingerprint density at radius 3 is 2.31 bits per heavy atom. The summed E-state index contributed by atoms with van der Waals surface area (Å²) in [5.74, 6) is -0.291. The highest BCUT2D eigenvalue weighted by molar-refractivity contribution is 7.88. The second kappa shape index (κ2) is 10.7. The molecule has 0 bridgehead atoms. The lowest BCUT2D eigenvalue weighted by Gasteiger charge is -2.31. The van der Waals surface area contributed by atoms with Gasteiger partial charge < -0.3 is 9.64 Å². The molecule has 9 heteroatoms. The largest absolute Gasteiger partial charge is 0.416 e. The maximum atomic E-state index is 12.6. The van der Waals surface area contributed by atoms with Crippen molar-refractivity contribution in [3.63, 3.8) is 0 Å². The maximum Gasteiger partial charge on any atom is 0.416 e. The summed E-state index contributed by atoms with van der Waals surface area (Å²) in [6.07, 6.45) is -1.03. The Kier molecular flexibility index (Phi) is 8.93. The van der Waals surface area contributed by atoms with Crippen LogP contribution in [0.5, 0.6) is 0 Å². The summed E-state index contributed by atoms with van der Waals surface area (Å²) in [4.78, 5) is 2.26. The van der Waals surface area contributed by atoms with E-state index in [1.54, 1.807) is 0 Å². The van der Waals surface area contributed by atoms with E-state index in [1.165, 1.54) is 16.4 Å². The first-order chi connectivity index (χ1) is 13.6. The van der Waals surface area contributed by atoms with Crippen LogP contribution >= 0.6 is 0 Å². The fraction of sp³-hybridized carbons (Fsp3) is 0.700. The van der Waals surface area contributed by atoms with Crippen molar-refractivity contribution in [1.82, 2.24) is 9.21 Å². The molecule has 0 radical (unpaired) electrons. The molecule has 0 N–H and O–H groups in total. The molecular weight excluding hydrogens is 405 g/mol. The summed E-state index contributed by atoms with van der Waals surface area (Å²) in [6, 6.07) is 4.29. The zero-order valence-corrected chi connectivity index (χ0v) is 17.9. The monoisotopic (exact) mass is 436 g/mol. The van der Waals surface area contributed by atoms with Gasteiger partial charge in [-0.2, -0.15) is 13.2 Å². The highest BCUT2D eigenvalue weighted by Gasteiger charge is 2.31. The van der Waals surface area contributed by atoms with Crippen molar-refractivity contribution < 1.29 is 26.3 Å². The van der Waals surface area contributed by atoms with Crippen molar-refractivity contribution in [2.45, 2.75) is 50.6 Å². The van der Waals surface area contributed by atoms with Crippen LogP contribution in [0.1, 0.15) is 43.7 Å². The Bertz CT molecular complexity index is 715. The number of alkyl halides is 3. The van der Waals surface area contributed by atoms with E-state index < -0.39 is 21.8 Å². The van der Waals surface area contributed by atoms with Crippen LogP contribution in [0.2, 0.25) is 0 Å². The Labute approximate surface area is 171 Å². The lowest BCUT2D eigenvalue weighted by atomic mass is 10.1. The molecule has 0 amide bonds. The molecular formula is C20H31F3N2O3S. The van der Waals surface area contributed by atoms with Gasteiger partial charge in [0.25, 0.3) is 0 Å². The topological polar surface area (TPSA) is 49.9 Å². The van der Waals surface area contributed by atoms with Gasteiger partial charge in [0.1, 0.15) is 0 Å². The van der Waals surface area contributed by atoms with Crippen LogP contribution in [-0.2, 0) is 26.7 Å². The molecule has 5 nitrogen and oxygen atoms in total. The first-order valence-corrected chi connectivity index (χ1v) is 11.7. The van der Waals surface area contributed by atoms with E-state index in [0.29, 0.717) is 38.1 Å². The summed E-state index contributed by atoms with van der Waals surface area (Å²) in [6.45, 7) is 5.61. The molecule has 0 aromatic heterocycles. The Hall–Kier alpha value is -1.16. The van der Waals surface area contributed by atoms with Crippen molar-refractivity contribution in [3.05, 3.63) is 35.4 Å². The predicted molar refractivity (Wildman–Crippen MR) is 107 cm³/mol. The number of nitrogens with zero attached hydrogens (tertiary/aromatic N) is 2. The number of sulfonamides is 1. The fourth-order valence-electron chi connectivity index (χ4n) is 3.45. The zero-order valence-electron chi connectivity index (χ0n) is 17.1. The minimum atomic E-state index is -4.43. The average Bonchev–Trinajstić information content (AvgIpc) is 2.65. The second-order valence-electron chi connectivity index (χ2n) is 7.58. The Balaban J connectivity index is 1.76. The molecule has 0 spiro atoms. The van der Waals surface area contributed by atoms with Crippen LogP contribution in [0.3, 0.4) is 0 Å². The van der Waals surface area contributed by atoms with Gasteiger partial charge in [-0.05, 0) is 57.0 Å². The third-order valence-corrected chi connectivity index (χ3v) is 6.92. The SMILES string of the molecule is CCCN(C)CCCOC1CCN(S(=O)(=O)Cc2ccc(C(F)(F)F)cc2)CC1. The van der Waals surface area contributed by atoms with Gasteiger partial charge in [-0.25, -0.2) is 12.7 Å². The molecule has 0 unspecified atom stereocenters. The molecule has 1 heterocycles. The van der Waals surface area contributed by atoms with Crippen LogP contribution in [0, 0.1) is 0 Å². The van der Waals surface area contributed by atoms with Crippen molar-refractivity contribution in [2.75, 3.05) is 39.8 Å². The molecule has 1 aromatic rings. The molecule has 1 aliphatic heterocycles. The van der Waals surface area contributed by atoms with E-state index in [-0.39, 0.29) is 11.9 Å². The smallest absolute Gasteiger partial charge is 0.378 e. The summed E-state index contributed by atoms with van der Waals surface area (Å²) in [5.41, 5.74) is -0.426. The molecule has 0 aliphatic carbocycles. The normalized spacial score (nSPS) is 17.2. The van der Waals surface area contributed by atoms with Gasteiger partial charge in [0, 0.05) is 26.2 Å². The van der Waals surface area contributed by atoms with Gasteiger partial charge in [-0.1, -0.05) is 19.1 Å². The molecule has 1 fully saturated rings. The summed E-state index contributed by atoms with van der Waals surface area (Å²) < 4.78 is 70.4. The molecule has 1 saturated heterocycles. The van der Waals surface area contributed by atoms with Gasteiger partial charge in [-0.15, -0.1) is 0 Å². The van der Waals surface area contributed by atoms with Crippen LogP contribution in [0.4, 0.5) is 13.2 Å². The number of rotatable bonds is 10. The lowest BCUT2D eigenvalue weighted by molar-refractivity contribution is -0.137. The third-order valence-electron chi connectivity index (χ3n) is 5.07. The molecule has 1 aromatic carbocycles. The van der Waals surface area contributed by atoms with Gasteiger partial charge in [0.2, 0.25) is 10.0 Å². The standard InChI is InChI=1S/C20H31F3N2O3S/c1-3-11-24(2)12-4-15-28-19-9-13-25(14-10-19)29(26,27)16-17-5-7-18(8-6-17)20(21,22)23/h5-8,19H,3-4,9-16H2,1-2H3. The van der Waals surface area contributed by atoms with Crippen molar-refractivity contribution in [2.24, 2.45) is 0 Å². The average molecular weight is 437 g/mol. The van der Waals surface area contributed by atoms with Crippen LogP contribution in [0.25, 0.3) is 0 Å². The number of piperidine rings is 1. The quantitative estimate of drug-likeness (QED) is 0.524.